The van der Waals surface area contributed by atoms with Crippen molar-refractivity contribution in [3.8, 4) is 11.5 Å². The van der Waals surface area contributed by atoms with Gasteiger partial charge in [0.25, 0.3) is 0 Å². The minimum absolute atomic E-state index is 0.487. The van der Waals surface area contributed by atoms with Gasteiger partial charge in [-0.05, 0) is 28.1 Å². The fraction of sp³-hybridized carbons (Fsp3) is 0.500. The summed E-state index contributed by atoms with van der Waals surface area (Å²) in [5, 5.41) is 10.2. The standard InChI is InChI=1S/C12H17BrO5/c1-15-8-6-5-7(11(16-2)9(8)13)10(14)12(17-3)18-4/h5-6,10,12,14H,1-4H3. The molecule has 0 spiro atoms. The van der Waals surface area contributed by atoms with Crippen LogP contribution in [0.15, 0.2) is 16.6 Å². The molecule has 5 nitrogen and oxygen atoms in total. The molecule has 1 rings (SSSR count). The molecule has 1 aromatic rings. The Bertz CT molecular complexity index is 392. The number of hydrogen-bond acceptors (Lipinski definition) is 5. The molecule has 6 heteroatoms. The number of rotatable bonds is 6. The molecule has 0 radical (unpaired) electrons. The van der Waals surface area contributed by atoms with Gasteiger partial charge in [0.15, 0.2) is 6.29 Å². The number of halogens is 1. The highest BCUT2D eigenvalue weighted by Crippen LogP contribution is 2.40. The average Bonchev–Trinajstić information content (AvgIpc) is 2.39. The summed E-state index contributed by atoms with van der Waals surface area (Å²) in [5.74, 6) is 1.11. The highest BCUT2D eigenvalue weighted by atomic mass is 79.9. The zero-order chi connectivity index (χ0) is 13.7. The Hall–Kier alpha value is -0.820. The quantitative estimate of drug-likeness (QED) is 0.814. The first-order chi connectivity index (χ1) is 8.60. The summed E-state index contributed by atoms with van der Waals surface area (Å²) < 4.78 is 21.2. The summed E-state index contributed by atoms with van der Waals surface area (Å²) in [7, 11) is 6.00. The lowest BCUT2D eigenvalue weighted by Crippen LogP contribution is -2.23. The Morgan fingerprint density at radius 3 is 2.11 bits per heavy atom. The maximum atomic E-state index is 10.2. The van der Waals surface area contributed by atoms with Crippen molar-refractivity contribution in [1.82, 2.24) is 0 Å². The van der Waals surface area contributed by atoms with Gasteiger partial charge in [0, 0.05) is 19.8 Å². The van der Waals surface area contributed by atoms with E-state index in [1.165, 1.54) is 21.3 Å². The largest absolute Gasteiger partial charge is 0.495 e. The Morgan fingerprint density at radius 2 is 1.67 bits per heavy atom. The topological polar surface area (TPSA) is 57.2 Å². The number of hydrogen-bond donors (Lipinski definition) is 1. The van der Waals surface area contributed by atoms with Gasteiger partial charge in [-0.3, -0.25) is 0 Å². The van der Waals surface area contributed by atoms with E-state index in [-0.39, 0.29) is 0 Å². The van der Waals surface area contributed by atoms with Gasteiger partial charge in [-0.1, -0.05) is 0 Å². The number of ether oxygens (including phenoxy) is 4. The van der Waals surface area contributed by atoms with Gasteiger partial charge in [-0.25, -0.2) is 0 Å². The highest BCUT2D eigenvalue weighted by Gasteiger charge is 2.25. The Labute approximate surface area is 115 Å². The third-order valence-corrected chi connectivity index (χ3v) is 3.31. The molecule has 102 valence electrons. The van der Waals surface area contributed by atoms with Crippen molar-refractivity contribution in [3.05, 3.63) is 22.2 Å². The highest BCUT2D eigenvalue weighted by molar-refractivity contribution is 9.10. The first-order valence-electron chi connectivity index (χ1n) is 5.24. The summed E-state index contributed by atoms with van der Waals surface area (Å²) in [6.07, 6.45) is -1.73. The summed E-state index contributed by atoms with van der Waals surface area (Å²) in [6, 6.07) is 3.44. The van der Waals surface area contributed by atoms with Crippen LogP contribution in [0.2, 0.25) is 0 Å². The van der Waals surface area contributed by atoms with Crippen molar-refractivity contribution in [2.24, 2.45) is 0 Å². The number of aliphatic hydroxyl groups excluding tert-OH is 1. The summed E-state index contributed by atoms with van der Waals surface area (Å²) in [5.41, 5.74) is 0.555. The van der Waals surface area contributed by atoms with Crippen LogP contribution in [0.1, 0.15) is 11.7 Å². The van der Waals surface area contributed by atoms with Crippen LogP contribution in [0.4, 0.5) is 0 Å². The van der Waals surface area contributed by atoms with Crippen LogP contribution >= 0.6 is 15.9 Å². The zero-order valence-corrected chi connectivity index (χ0v) is 12.4. The Balaban J connectivity index is 3.20. The second-order valence-corrected chi connectivity index (χ2v) is 4.28. The lowest BCUT2D eigenvalue weighted by atomic mass is 10.1. The van der Waals surface area contributed by atoms with Gasteiger partial charge >= 0.3 is 0 Å². The van der Waals surface area contributed by atoms with Crippen LogP contribution in [-0.4, -0.2) is 39.8 Å². The molecule has 0 saturated carbocycles. The summed E-state index contributed by atoms with van der Waals surface area (Å²) in [6.45, 7) is 0. The molecule has 18 heavy (non-hydrogen) atoms. The van der Waals surface area contributed by atoms with Crippen molar-refractivity contribution in [2.45, 2.75) is 12.4 Å². The summed E-state index contributed by atoms with van der Waals surface area (Å²) >= 11 is 3.37. The molecule has 0 aliphatic carbocycles. The van der Waals surface area contributed by atoms with E-state index in [2.05, 4.69) is 15.9 Å². The molecule has 0 fully saturated rings. The summed E-state index contributed by atoms with van der Waals surface area (Å²) in [4.78, 5) is 0. The third-order valence-electron chi connectivity index (χ3n) is 2.56. The normalized spacial score (nSPS) is 12.6. The molecule has 1 aromatic carbocycles. The van der Waals surface area contributed by atoms with Gasteiger partial charge in [-0.15, -0.1) is 0 Å². The van der Waals surface area contributed by atoms with E-state index < -0.39 is 12.4 Å². The van der Waals surface area contributed by atoms with Crippen molar-refractivity contribution in [2.75, 3.05) is 28.4 Å². The smallest absolute Gasteiger partial charge is 0.187 e. The second kappa shape index (κ2) is 6.94. The lowest BCUT2D eigenvalue weighted by molar-refractivity contribution is -0.166. The van der Waals surface area contributed by atoms with E-state index >= 15 is 0 Å². The van der Waals surface area contributed by atoms with E-state index in [1.807, 2.05) is 0 Å². The van der Waals surface area contributed by atoms with Gasteiger partial charge in [-0.2, -0.15) is 0 Å². The van der Waals surface area contributed by atoms with Gasteiger partial charge in [0.05, 0.1) is 14.2 Å². The molecule has 0 amide bonds. The van der Waals surface area contributed by atoms with Crippen LogP contribution in [0.3, 0.4) is 0 Å². The van der Waals surface area contributed by atoms with Crippen LogP contribution in [0.25, 0.3) is 0 Å². The fourth-order valence-electron chi connectivity index (χ4n) is 1.65. The van der Waals surface area contributed by atoms with E-state index in [0.717, 1.165) is 0 Å². The monoisotopic (exact) mass is 320 g/mol. The van der Waals surface area contributed by atoms with Gasteiger partial charge in [0.2, 0.25) is 0 Å². The molecule has 1 unspecified atom stereocenters. The predicted octanol–water partition coefficient (Wildman–Crippen LogP) is 2.12. The van der Waals surface area contributed by atoms with Gasteiger partial charge < -0.3 is 24.1 Å². The molecule has 1 atom stereocenters. The molecule has 0 aliphatic heterocycles. The third kappa shape index (κ3) is 2.95. The van der Waals surface area contributed by atoms with E-state index in [1.54, 1.807) is 19.2 Å². The molecular weight excluding hydrogens is 304 g/mol. The lowest BCUT2D eigenvalue weighted by Gasteiger charge is -2.23. The van der Waals surface area contributed by atoms with Crippen molar-refractivity contribution in [3.63, 3.8) is 0 Å². The SMILES string of the molecule is COc1ccc(C(O)C(OC)OC)c(OC)c1Br. The second-order valence-electron chi connectivity index (χ2n) is 3.49. The van der Waals surface area contributed by atoms with E-state index in [0.29, 0.717) is 21.5 Å². The maximum absolute atomic E-state index is 10.2. The van der Waals surface area contributed by atoms with Crippen LogP contribution in [0.5, 0.6) is 11.5 Å². The Morgan fingerprint density at radius 1 is 1.06 bits per heavy atom. The number of aliphatic hydroxyl groups is 1. The fourth-order valence-corrected chi connectivity index (χ4v) is 2.34. The first-order valence-corrected chi connectivity index (χ1v) is 6.04. The zero-order valence-electron chi connectivity index (χ0n) is 10.8. The molecule has 0 bridgehead atoms. The number of methoxy groups -OCH3 is 4. The first kappa shape index (κ1) is 15.2. The van der Waals surface area contributed by atoms with Crippen molar-refractivity contribution < 1.29 is 24.1 Å². The Kier molecular flexibility index (Phi) is 5.87. The molecule has 1 N–H and O–H groups in total. The minimum Gasteiger partial charge on any atom is -0.495 e. The molecule has 0 heterocycles. The van der Waals surface area contributed by atoms with Crippen LogP contribution < -0.4 is 9.47 Å². The van der Waals surface area contributed by atoms with Gasteiger partial charge in [0.1, 0.15) is 22.1 Å². The maximum Gasteiger partial charge on any atom is 0.187 e. The molecule has 0 saturated heterocycles. The predicted molar refractivity (Wildman–Crippen MR) is 70.0 cm³/mol. The van der Waals surface area contributed by atoms with E-state index in [9.17, 15) is 5.11 Å². The minimum atomic E-state index is -0.961. The molecule has 0 aromatic heterocycles. The van der Waals surface area contributed by atoms with Crippen molar-refractivity contribution >= 4 is 15.9 Å². The van der Waals surface area contributed by atoms with Crippen molar-refractivity contribution in [1.29, 1.82) is 0 Å². The molecule has 0 aliphatic rings. The number of benzene rings is 1. The van der Waals surface area contributed by atoms with Crippen LogP contribution in [0, 0.1) is 0 Å². The van der Waals surface area contributed by atoms with Crippen LogP contribution in [-0.2, 0) is 9.47 Å². The average molecular weight is 321 g/mol. The molecular formula is C12H17BrO5. The van der Waals surface area contributed by atoms with E-state index in [4.69, 9.17) is 18.9 Å².